The van der Waals surface area contributed by atoms with Gasteiger partial charge in [-0.05, 0) is 36.1 Å². The summed E-state index contributed by atoms with van der Waals surface area (Å²) in [4.78, 5) is 0. The number of hydrogen-bond donors (Lipinski definition) is 1. The standard InChI is InChI=1S/C16H21N3O2/c1-20-8-7-19-11-13(10-17-19)18-16-6-4-12-3-5-14(21-2)9-15(12)16/h3,5,9-11,16,18H,4,6-8H2,1-2H3. The third-order valence-corrected chi connectivity index (χ3v) is 3.93. The molecule has 3 rings (SSSR count). The lowest BCUT2D eigenvalue weighted by Crippen LogP contribution is -2.07. The van der Waals surface area contributed by atoms with E-state index in [9.17, 15) is 0 Å². The van der Waals surface area contributed by atoms with Crippen LogP contribution in [0.15, 0.2) is 30.6 Å². The first-order valence-electron chi connectivity index (χ1n) is 7.25. The molecule has 0 spiro atoms. The molecule has 0 fully saturated rings. The van der Waals surface area contributed by atoms with E-state index >= 15 is 0 Å². The fourth-order valence-corrected chi connectivity index (χ4v) is 2.80. The van der Waals surface area contributed by atoms with Crippen molar-refractivity contribution in [2.24, 2.45) is 0 Å². The Labute approximate surface area is 124 Å². The Hall–Kier alpha value is -2.01. The number of benzene rings is 1. The second-order valence-corrected chi connectivity index (χ2v) is 5.29. The molecule has 1 atom stereocenters. The first-order valence-corrected chi connectivity index (χ1v) is 7.25. The van der Waals surface area contributed by atoms with E-state index in [1.54, 1.807) is 14.2 Å². The highest BCUT2D eigenvalue weighted by Crippen LogP contribution is 2.35. The van der Waals surface area contributed by atoms with Gasteiger partial charge in [-0.3, -0.25) is 4.68 Å². The highest BCUT2D eigenvalue weighted by molar-refractivity contribution is 5.48. The zero-order valence-corrected chi connectivity index (χ0v) is 12.5. The third-order valence-electron chi connectivity index (χ3n) is 3.93. The quantitative estimate of drug-likeness (QED) is 0.887. The molecule has 0 bridgehead atoms. The topological polar surface area (TPSA) is 48.3 Å². The van der Waals surface area contributed by atoms with Crippen LogP contribution in [0, 0.1) is 0 Å². The Morgan fingerprint density at radius 1 is 1.38 bits per heavy atom. The number of rotatable bonds is 6. The molecular weight excluding hydrogens is 266 g/mol. The summed E-state index contributed by atoms with van der Waals surface area (Å²) in [5.41, 5.74) is 3.78. The number of nitrogens with zero attached hydrogens (tertiary/aromatic N) is 2. The monoisotopic (exact) mass is 287 g/mol. The van der Waals surface area contributed by atoms with Crippen LogP contribution in [0.25, 0.3) is 0 Å². The van der Waals surface area contributed by atoms with E-state index in [1.165, 1.54) is 11.1 Å². The molecular formula is C16H21N3O2. The van der Waals surface area contributed by atoms with Gasteiger partial charge in [-0.15, -0.1) is 0 Å². The number of methoxy groups -OCH3 is 2. The number of ether oxygens (including phenoxy) is 2. The zero-order valence-electron chi connectivity index (χ0n) is 12.5. The van der Waals surface area contributed by atoms with Crippen molar-refractivity contribution in [1.29, 1.82) is 0 Å². The van der Waals surface area contributed by atoms with Gasteiger partial charge < -0.3 is 14.8 Å². The average molecular weight is 287 g/mol. The fraction of sp³-hybridized carbons (Fsp3) is 0.438. The predicted octanol–water partition coefficient (Wildman–Crippen LogP) is 2.64. The van der Waals surface area contributed by atoms with Gasteiger partial charge in [0.25, 0.3) is 0 Å². The molecule has 1 unspecified atom stereocenters. The maximum absolute atomic E-state index is 5.33. The molecule has 1 heterocycles. The Bertz CT molecular complexity index is 609. The number of anilines is 1. The smallest absolute Gasteiger partial charge is 0.119 e. The highest BCUT2D eigenvalue weighted by atomic mass is 16.5. The summed E-state index contributed by atoms with van der Waals surface area (Å²) in [5, 5.41) is 7.90. The normalized spacial score (nSPS) is 16.8. The molecule has 21 heavy (non-hydrogen) atoms. The maximum atomic E-state index is 5.33. The molecule has 1 aromatic heterocycles. The Morgan fingerprint density at radius 3 is 3.10 bits per heavy atom. The second kappa shape index (κ2) is 6.18. The molecule has 1 N–H and O–H groups in total. The largest absolute Gasteiger partial charge is 0.497 e. The minimum Gasteiger partial charge on any atom is -0.497 e. The number of aryl methyl sites for hydroxylation is 1. The van der Waals surface area contributed by atoms with Crippen LogP contribution in [-0.2, 0) is 17.7 Å². The molecule has 5 nitrogen and oxygen atoms in total. The van der Waals surface area contributed by atoms with Crippen molar-refractivity contribution in [3.05, 3.63) is 41.7 Å². The fourth-order valence-electron chi connectivity index (χ4n) is 2.80. The van der Waals surface area contributed by atoms with E-state index in [0.717, 1.165) is 30.8 Å². The Morgan fingerprint density at radius 2 is 2.29 bits per heavy atom. The molecule has 0 saturated carbocycles. The number of nitrogens with one attached hydrogen (secondary N) is 1. The van der Waals surface area contributed by atoms with Gasteiger partial charge in [-0.2, -0.15) is 5.10 Å². The lowest BCUT2D eigenvalue weighted by molar-refractivity contribution is 0.183. The Kier molecular flexibility index (Phi) is 4.10. The summed E-state index contributed by atoms with van der Waals surface area (Å²) in [6.07, 6.45) is 6.10. The van der Waals surface area contributed by atoms with E-state index in [2.05, 4.69) is 22.5 Å². The van der Waals surface area contributed by atoms with Crippen molar-refractivity contribution in [1.82, 2.24) is 9.78 Å². The van der Waals surface area contributed by atoms with Crippen LogP contribution >= 0.6 is 0 Å². The van der Waals surface area contributed by atoms with Crippen LogP contribution < -0.4 is 10.1 Å². The van der Waals surface area contributed by atoms with Crippen molar-refractivity contribution in [3.8, 4) is 5.75 Å². The van der Waals surface area contributed by atoms with Crippen LogP contribution in [0.1, 0.15) is 23.6 Å². The highest BCUT2D eigenvalue weighted by Gasteiger charge is 2.23. The van der Waals surface area contributed by atoms with Crippen molar-refractivity contribution in [3.63, 3.8) is 0 Å². The van der Waals surface area contributed by atoms with Gasteiger partial charge >= 0.3 is 0 Å². The van der Waals surface area contributed by atoms with Crippen molar-refractivity contribution < 1.29 is 9.47 Å². The summed E-state index contributed by atoms with van der Waals surface area (Å²) < 4.78 is 12.3. The molecule has 1 aromatic carbocycles. The summed E-state index contributed by atoms with van der Waals surface area (Å²) in [5.74, 6) is 0.915. The van der Waals surface area contributed by atoms with Gasteiger partial charge in [0.1, 0.15) is 5.75 Å². The van der Waals surface area contributed by atoms with Gasteiger partial charge in [0.2, 0.25) is 0 Å². The number of aromatic nitrogens is 2. The number of fused-ring (bicyclic) bond motifs is 1. The average Bonchev–Trinajstić information content (AvgIpc) is 3.12. The summed E-state index contributed by atoms with van der Waals surface area (Å²) in [6.45, 7) is 1.44. The van der Waals surface area contributed by atoms with E-state index in [1.807, 2.05) is 23.1 Å². The van der Waals surface area contributed by atoms with Gasteiger partial charge in [0.05, 0.1) is 38.2 Å². The minimum absolute atomic E-state index is 0.329. The molecule has 0 radical (unpaired) electrons. The van der Waals surface area contributed by atoms with E-state index < -0.39 is 0 Å². The van der Waals surface area contributed by atoms with Gasteiger partial charge in [0, 0.05) is 13.3 Å². The Balaban J connectivity index is 1.71. The molecule has 5 heteroatoms. The summed E-state index contributed by atoms with van der Waals surface area (Å²) in [6, 6.07) is 6.66. The number of hydrogen-bond acceptors (Lipinski definition) is 4. The van der Waals surface area contributed by atoms with E-state index in [-0.39, 0.29) is 0 Å². The molecule has 0 aliphatic heterocycles. The molecule has 2 aromatic rings. The van der Waals surface area contributed by atoms with Gasteiger partial charge in [-0.1, -0.05) is 6.07 Å². The van der Waals surface area contributed by atoms with Crippen LogP contribution in [0.4, 0.5) is 5.69 Å². The molecule has 112 valence electrons. The predicted molar refractivity (Wildman–Crippen MR) is 81.8 cm³/mol. The lowest BCUT2D eigenvalue weighted by Gasteiger charge is -2.14. The lowest BCUT2D eigenvalue weighted by atomic mass is 10.1. The summed E-state index contributed by atoms with van der Waals surface area (Å²) >= 11 is 0. The van der Waals surface area contributed by atoms with Crippen molar-refractivity contribution in [2.75, 3.05) is 26.1 Å². The first-order chi connectivity index (χ1) is 10.3. The molecule has 1 aliphatic rings. The van der Waals surface area contributed by atoms with Crippen LogP contribution in [0.3, 0.4) is 0 Å². The maximum Gasteiger partial charge on any atom is 0.119 e. The second-order valence-electron chi connectivity index (χ2n) is 5.29. The van der Waals surface area contributed by atoms with Crippen molar-refractivity contribution >= 4 is 5.69 Å². The minimum atomic E-state index is 0.329. The third kappa shape index (κ3) is 3.03. The van der Waals surface area contributed by atoms with E-state index in [0.29, 0.717) is 12.6 Å². The van der Waals surface area contributed by atoms with E-state index in [4.69, 9.17) is 9.47 Å². The molecule has 0 amide bonds. The summed E-state index contributed by atoms with van der Waals surface area (Å²) in [7, 11) is 3.41. The van der Waals surface area contributed by atoms with Crippen LogP contribution in [-0.4, -0.2) is 30.6 Å². The van der Waals surface area contributed by atoms with Crippen LogP contribution in [0.2, 0.25) is 0 Å². The zero-order chi connectivity index (χ0) is 14.7. The molecule has 1 aliphatic carbocycles. The van der Waals surface area contributed by atoms with Crippen molar-refractivity contribution in [2.45, 2.75) is 25.4 Å². The van der Waals surface area contributed by atoms with Crippen LogP contribution in [0.5, 0.6) is 5.75 Å². The molecule has 0 saturated heterocycles. The first kappa shape index (κ1) is 13.9. The van der Waals surface area contributed by atoms with Gasteiger partial charge in [-0.25, -0.2) is 0 Å². The SMILES string of the molecule is COCCn1cc(NC2CCc3ccc(OC)cc32)cn1. The van der Waals surface area contributed by atoms with Gasteiger partial charge in [0.15, 0.2) is 0 Å².